The van der Waals surface area contributed by atoms with Gasteiger partial charge in [-0.15, -0.1) is 11.8 Å². The first-order valence-electron chi connectivity index (χ1n) is 4.88. The molecule has 1 aromatic heterocycles. The van der Waals surface area contributed by atoms with Gasteiger partial charge in [0.25, 0.3) is 0 Å². The van der Waals surface area contributed by atoms with Crippen LogP contribution in [0.15, 0.2) is 5.03 Å². The molecular weight excluding hydrogens is 246 g/mol. The molecule has 0 aliphatic carbocycles. The van der Waals surface area contributed by atoms with Gasteiger partial charge in [-0.05, 0) is 6.92 Å². The fraction of sp³-hybridized carbons (Fsp3) is 0.667. The third-order valence-corrected chi connectivity index (χ3v) is 4.58. The highest BCUT2D eigenvalue weighted by molar-refractivity contribution is 8.00. The number of aryl methyl sites for hydroxylation is 2. The second-order valence-corrected chi connectivity index (χ2v) is 7.02. The van der Waals surface area contributed by atoms with Gasteiger partial charge in [0, 0.05) is 31.2 Å². The van der Waals surface area contributed by atoms with Crippen LogP contribution in [-0.4, -0.2) is 36.0 Å². The highest BCUT2D eigenvalue weighted by Crippen LogP contribution is 2.24. The van der Waals surface area contributed by atoms with Crippen LogP contribution in [0.3, 0.4) is 0 Å². The molecule has 2 N–H and O–H groups in total. The molecule has 0 spiro atoms. The molecule has 7 heteroatoms. The lowest BCUT2D eigenvalue weighted by molar-refractivity contribution is 0.603. The van der Waals surface area contributed by atoms with Crippen LogP contribution in [0.2, 0.25) is 0 Å². The van der Waals surface area contributed by atoms with Gasteiger partial charge in [0.15, 0.2) is 0 Å². The van der Waals surface area contributed by atoms with E-state index in [-0.39, 0.29) is 5.75 Å². The first-order valence-corrected chi connectivity index (χ1v) is 7.93. The Morgan fingerprint density at radius 2 is 2.12 bits per heavy atom. The Balaban J connectivity index is 2.74. The Morgan fingerprint density at radius 3 is 2.62 bits per heavy atom. The van der Waals surface area contributed by atoms with Crippen molar-refractivity contribution in [3.63, 3.8) is 0 Å². The van der Waals surface area contributed by atoms with Crippen molar-refractivity contribution in [3.8, 4) is 0 Å². The Hall–Kier alpha value is -0.530. The first kappa shape index (κ1) is 13.5. The molecule has 0 atom stereocenters. The molecule has 1 aromatic rings. The lowest BCUT2D eigenvalue weighted by Crippen LogP contribution is -2.06. The molecular formula is C9H17N3O2S2. The van der Waals surface area contributed by atoms with Crippen molar-refractivity contribution in [2.45, 2.75) is 18.5 Å². The molecule has 0 bridgehead atoms. The van der Waals surface area contributed by atoms with Crippen LogP contribution < -0.4 is 5.73 Å². The standard InChI is InChI=1S/C9H17N3O2S2/c1-7-8(6-10)9(12(2)11-7)15-4-5-16(3,13)14/h4-6,10H2,1-3H3. The Kier molecular flexibility index (Phi) is 4.40. The van der Waals surface area contributed by atoms with E-state index in [2.05, 4.69) is 5.10 Å². The highest BCUT2D eigenvalue weighted by Gasteiger charge is 2.13. The van der Waals surface area contributed by atoms with Crippen LogP contribution >= 0.6 is 11.8 Å². The minimum Gasteiger partial charge on any atom is -0.326 e. The van der Waals surface area contributed by atoms with Crippen LogP contribution in [0.1, 0.15) is 11.3 Å². The second kappa shape index (κ2) is 5.20. The van der Waals surface area contributed by atoms with Crippen LogP contribution in [0.5, 0.6) is 0 Å². The third-order valence-electron chi connectivity index (χ3n) is 2.19. The van der Waals surface area contributed by atoms with E-state index in [9.17, 15) is 8.42 Å². The van der Waals surface area contributed by atoms with Gasteiger partial charge < -0.3 is 5.73 Å². The molecule has 0 saturated heterocycles. The Bertz CT molecular complexity index is 465. The zero-order chi connectivity index (χ0) is 12.3. The minimum absolute atomic E-state index is 0.173. The molecule has 0 fully saturated rings. The van der Waals surface area contributed by atoms with Crippen LogP contribution in [0, 0.1) is 6.92 Å². The highest BCUT2D eigenvalue weighted by atomic mass is 32.2. The SMILES string of the molecule is Cc1nn(C)c(SCCS(C)(=O)=O)c1CN. The van der Waals surface area contributed by atoms with Gasteiger partial charge in [-0.25, -0.2) is 8.42 Å². The number of rotatable bonds is 5. The predicted octanol–water partition coefficient (Wildman–Crippen LogP) is 0.324. The predicted molar refractivity (Wildman–Crippen MR) is 66.3 cm³/mol. The summed E-state index contributed by atoms with van der Waals surface area (Å²) >= 11 is 1.49. The van der Waals surface area contributed by atoms with Crippen molar-refractivity contribution in [1.29, 1.82) is 0 Å². The summed E-state index contributed by atoms with van der Waals surface area (Å²) in [6.45, 7) is 2.34. The monoisotopic (exact) mass is 263 g/mol. The minimum atomic E-state index is -2.90. The summed E-state index contributed by atoms with van der Waals surface area (Å²) in [5.74, 6) is 0.705. The maximum Gasteiger partial charge on any atom is 0.148 e. The zero-order valence-electron chi connectivity index (χ0n) is 9.73. The smallest absolute Gasteiger partial charge is 0.148 e. The van der Waals surface area contributed by atoms with Crippen molar-refractivity contribution in [2.75, 3.05) is 17.8 Å². The molecule has 5 nitrogen and oxygen atoms in total. The van der Waals surface area contributed by atoms with Crippen molar-refractivity contribution < 1.29 is 8.42 Å². The molecule has 0 aromatic carbocycles. The first-order chi connectivity index (χ1) is 7.35. The molecule has 0 radical (unpaired) electrons. The van der Waals surface area contributed by atoms with E-state index in [1.807, 2.05) is 14.0 Å². The topological polar surface area (TPSA) is 78.0 Å². The van der Waals surface area contributed by atoms with Gasteiger partial charge in [-0.3, -0.25) is 4.68 Å². The molecule has 0 saturated carbocycles. The second-order valence-electron chi connectivity index (χ2n) is 3.68. The average molecular weight is 263 g/mol. The van der Waals surface area contributed by atoms with E-state index in [1.54, 1.807) is 4.68 Å². The fourth-order valence-corrected chi connectivity index (χ4v) is 3.76. The summed E-state index contributed by atoms with van der Waals surface area (Å²) in [6, 6.07) is 0. The van der Waals surface area contributed by atoms with Crippen molar-refractivity contribution in [3.05, 3.63) is 11.3 Å². The molecule has 92 valence electrons. The quantitative estimate of drug-likeness (QED) is 0.774. The van der Waals surface area contributed by atoms with E-state index in [0.29, 0.717) is 12.3 Å². The molecule has 0 amide bonds. The lowest BCUT2D eigenvalue weighted by Gasteiger charge is -2.04. The molecule has 1 rings (SSSR count). The van der Waals surface area contributed by atoms with Gasteiger partial charge in [-0.1, -0.05) is 0 Å². The Morgan fingerprint density at radius 1 is 1.50 bits per heavy atom. The molecule has 0 unspecified atom stereocenters. The normalized spacial score (nSPS) is 12.0. The summed E-state index contributed by atoms with van der Waals surface area (Å²) in [7, 11) is -1.06. The van der Waals surface area contributed by atoms with Gasteiger partial charge in [0.1, 0.15) is 9.84 Å². The average Bonchev–Trinajstić information content (AvgIpc) is 2.39. The van der Waals surface area contributed by atoms with Gasteiger partial charge in [-0.2, -0.15) is 5.10 Å². The summed E-state index contributed by atoms with van der Waals surface area (Å²) in [5, 5.41) is 5.23. The van der Waals surface area contributed by atoms with Crippen molar-refractivity contribution in [1.82, 2.24) is 9.78 Å². The molecule has 0 aliphatic rings. The van der Waals surface area contributed by atoms with Gasteiger partial charge >= 0.3 is 0 Å². The summed E-state index contributed by atoms with van der Waals surface area (Å²) in [5.41, 5.74) is 7.55. The zero-order valence-corrected chi connectivity index (χ0v) is 11.4. The number of aromatic nitrogens is 2. The van der Waals surface area contributed by atoms with Crippen molar-refractivity contribution >= 4 is 21.6 Å². The summed E-state index contributed by atoms with van der Waals surface area (Å²) < 4.78 is 23.8. The number of nitrogens with zero attached hydrogens (tertiary/aromatic N) is 2. The van der Waals surface area contributed by atoms with E-state index in [0.717, 1.165) is 16.3 Å². The molecule has 1 heterocycles. The van der Waals surface area contributed by atoms with Gasteiger partial charge in [0.05, 0.1) is 16.5 Å². The van der Waals surface area contributed by atoms with Crippen LogP contribution in [-0.2, 0) is 23.4 Å². The van der Waals surface area contributed by atoms with Crippen molar-refractivity contribution in [2.24, 2.45) is 12.8 Å². The number of nitrogens with two attached hydrogens (primary N) is 1. The third kappa shape index (κ3) is 3.50. The largest absolute Gasteiger partial charge is 0.326 e. The molecule has 16 heavy (non-hydrogen) atoms. The summed E-state index contributed by atoms with van der Waals surface area (Å²) in [4.78, 5) is 0. The van der Waals surface area contributed by atoms with Crippen LogP contribution in [0.25, 0.3) is 0 Å². The van der Waals surface area contributed by atoms with E-state index in [1.165, 1.54) is 18.0 Å². The van der Waals surface area contributed by atoms with Gasteiger partial charge in [0.2, 0.25) is 0 Å². The van der Waals surface area contributed by atoms with Crippen LogP contribution in [0.4, 0.5) is 0 Å². The maximum absolute atomic E-state index is 11.0. The van der Waals surface area contributed by atoms with E-state index < -0.39 is 9.84 Å². The van der Waals surface area contributed by atoms with E-state index in [4.69, 9.17) is 5.73 Å². The number of thioether (sulfide) groups is 1. The van der Waals surface area contributed by atoms with E-state index >= 15 is 0 Å². The fourth-order valence-electron chi connectivity index (χ4n) is 1.39. The maximum atomic E-state index is 11.0. The lowest BCUT2D eigenvalue weighted by atomic mass is 10.3. The summed E-state index contributed by atoms with van der Waals surface area (Å²) in [6.07, 6.45) is 1.24. The number of sulfone groups is 1. The molecule has 0 aliphatic heterocycles. The number of hydrogen-bond donors (Lipinski definition) is 1. The number of hydrogen-bond acceptors (Lipinski definition) is 5. The Labute approximate surface area is 100 Å².